The van der Waals surface area contributed by atoms with E-state index in [0.717, 1.165) is 25.9 Å². The highest BCUT2D eigenvalue weighted by molar-refractivity contribution is 7.86. The Morgan fingerprint density at radius 3 is 2.45 bits per heavy atom. The van der Waals surface area contributed by atoms with Crippen molar-refractivity contribution in [2.75, 3.05) is 32.7 Å². The molecule has 3 atom stereocenters. The number of rotatable bonds is 5. The monoisotopic (exact) mass is 305 g/mol. The molecule has 2 aliphatic heterocycles. The highest BCUT2D eigenvalue weighted by atomic mass is 32.2. The van der Waals surface area contributed by atoms with Crippen LogP contribution in [0.2, 0.25) is 0 Å². The highest BCUT2D eigenvalue weighted by Crippen LogP contribution is 2.21. The first-order valence-corrected chi connectivity index (χ1v) is 8.98. The summed E-state index contributed by atoms with van der Waals surface area (Å²) in [5, 5.41) is 3.25. The molecule has 2 fully saturated rings. The number of ether oxygens (including phenoxy) is 1. The van der Waals surface area contributed by atoms with Crippen molar-refractivity contribution in [2.24, 2.45) is 0 Å². The van der Waals surface area contributed by atoms with Gasteiger partial charge in [-0.25, -0.2) is 0 Å². The second-order valence-electron chi connectivity index (χ2n) is 5.84. The second-order valence-corrected chi connectivity index (χ2v) is 7.72. The van der Waals surface area contributed by atoms with Crippen molar-refractivity contribution in [2.45, 2.75) is 51.9 Å². The molecule has 0 aromatic heterocycles. The van der Waals surface area contributed by atoms with E-state index in [-0.39, 0.29) is 18.2 Å². The minimum Gasteiger partial charge on any atom is -0.373 e. The van der Waals surface area contributed by atoms with Gasteiger partial charge >= 0.3 is 0 Å². The lowest BCUT2D eigenvalue weighted by molar-refractivity contribution is -0.0457. The van der Waals surface area contributed by atoms with Crippen LogP contribution in [0.25, 0.3) is 0 Å². The quantitative estimate of drug-likeness (QED) is 0.799. The van der Waals surface area contributed by atoms with E-state index in [4.69, 9.17) is 4.74 Å². The molecular weight excluding hydrogens is 278 g/mol. The van der Waals surface area contributed by atoms with Crippen molar-refractivity contribution < 1.29 is 13.2 Å². The number of morpholine rings is 1. The first kappa shape index (κ1) is 16.2. The normalized spacial score (nSPS) is 32.9. The zero-order valence-electron chi connectivity index (χ0n) is 12.7. The smallest absolute Gasteiger partial charge is 0.282 e. The van der Waals surface area contributed by atoms with Crippen molar-refractivity contribution in [1.82, 2.24) is 13.9 Å². The van der Waals surface area contributed by atoms with Crippen LogP contribution in [0.4, 0.5) is 0 Å². The highest BCUT2D eigenvalue weighted by Gasteiger charge is 2.38. The van der Waals surface area contributed by atoms with E-state index in [1.807, 2.05) is 20.8 Å². The van der Waals surface area contributed by atoms with Crippen LogP contribution in [-0.2, 0) is 14.9 Å². The standard InChI is InChI=1S/C13H27N3O3S/c1-4-7-16(13-5-6-14-8-13)20(17,18)15-9-11(2)19-12(3)10-15/h11-14H,4-10H2,1-3H3. The molecule has 2 heterocycles. The molecule has 118 valence electrons. The van der Waals surface area contributed by atoms with Crippen LogP contribution in [-0.4, -0.2) is 68.0 Å². The van der Waals surface area contributed by atoms with Crippen molar-refractivity contribution in [3.05, 3.63) is 0 Å². The number of nitrogens with zero attached hydrogens (tertiary/aromatic N) is 2. The van der Waals surface area contributed by atoms with Gasteiger partial charge in [0.1, 0.15) is 0 Å². The lowest BCUT2D eigenvalue weighted by Gasteiger charge is -2.39. The predicted octanol–water partition coefficient (Wildman–Crippen LogP) is 0.414. The Morgan fingerprint density at radius 1 is 1.30 bits per heavy atom. The van der Waals surface area contributed by atoms with Crippen LogP contribution < -0.4 is 5.32 Å². The summed E-state index contributed by atoms with van der Waals surface area (Å²) in [7, 11) is -3.39. The SMILES string of the molecule is CCCN(C1CCNC1)S(=O)(=O)N1CC(C)OC(C)C1. The van der Waals surface area contributed by atoms with Gasteiger partial charge in [0.25, 0.3) is 10.2 Å². The molecule has 0 amide bonds. The molecule has 0 aliphatic carbocycles. The zero-order chi connectivity index (χ0) is 14.8. The Labute approximate surface area is 122 Å². The van der Waals surface area contributed by atoms with E-state index in [2.05, 4.69) is 5.32 Å². The van der Waals surface area contributed by atoms with Crippen LogP contribution in [0, 0.1) is 0 Å². The average molecular weight is 305 g/mol. The first-order valence-electron chi connectivity index (χ1n) is 7.58. The molecule has 2 aliphatic rings. The zero-order valence-corrected chi connectivity index (χ0v) is 13.5. The minimum atomic E-state index is -3.39. The largest absolute Gasteiger partial charge is 0.373 e. The molecule has 20 heavy (non-hydrogen) atoms. The third kappa shape index (κ3) is 3.51. The van der Waals surface area contributed by atoms with Crippen molar-refractivity contribution >= 4 is 10.2 Å². The van der Waals surface area contributed by atoms with Crippen LogP contribution in [0.3, 0.4) is 0 Å². The van der Waals surface area contributed by atoms with Gasteiger partial charge in [-0.15, -0.1) is 0 Å². The van der Waals surface area contributed by atoms with Gasteiger partial charge in [0.2, 0.25) is 0 Å². The number of hydrogen-bond acceptors (Lipinski definition) is 4. The van der Waals surface area contributed by atoms with Crippen LogP contribution >= 0.6 is 0 Å². The maximum atomic E-state index is 12.9. The van der Waals surface area contributed by atoms with Gasteiger partial charge in [0.15, 0.2) is 0 Å². The average Bonchev–Trinajstić information content (AvgIpc) is 2.88. The van der Waals surface area contributed by atoms with Crippen molar-refractivity contribution in [3.63, 3.8) is 0 Å². The molecule has 2 saturated heterocycles. The van der Waals surface area contributed by atoms with Gasteiger partial charge in [0, 0.05) is 32.2 Å². The summed E-state index contributed by atoms with van der Waals surface area (Å²) >= 11 is 0. The van der Waals surface area contributed by atoms with Gasteiger partial charge in [0.05, 0.1) is 12.2 Å². The van der Waals surface area contributed by atoms with Gasteiger partial charge < -0.3 is 10.1 Å². The molecule has 0 saturated carbocycles. The molecule has 1 N–H and O–H groups in total. The third-order valence-electron chi connectivity index (χ3n) is 3.89. The molecule has 0 aromatic rings. The Bertz CT molecular complexity index is 399. The molecule has 6 nitrogen and oxygen atoms in total. The molecule has 0 spiro atoms. The second kappa shape index (κ2) is 6.70. The van der Waals surface area contributed by atoms with E-state index >= 15 is 0 Å². The Kier molecular flexibility index (Phi) is 5.42. The maximum Gasteiger partial charge on any atom is 0.282 e. The maximum absolute atomic E-state index is 12.9. The summed E-state index contributed by atoms with van der Waals surface area (Å²) in [6.07, 6.45) is 1.65. The Hall–Kier alpha value is -0.210. The molecular formula is C13H27N3O3S. The van der Waals surface area contributed by atoms with Crippen LogP contribution in [0.1, 0.15) is 33.6 Å². The lowest BCUT2D eigenvalue weighted by atomic mass is 10.2. The fraction of sp³-hybridized carbons (Fsp3) is 1.00. The minimum absolute atomic E-state index is 0.0429. The van der Waals surface area contributed by atoms with E-state index in [0.29, 0.717) is 19.6 Å². The van der Waals surface area contributed by atoms with E-state index in [9.17, 15) is 8.42 Å². The molecule has 0 aromatic carbocycles. The van der Waals surface area contributed by atoms with Gasteiger partial charge in [-0.3, -0.25) is 0 Å². The fourth-order valence-electron chi connectivity index (χ4n) is 3.06. The van der Waals surface area contributed by atoms with E-state index in [1.54, 1.807) is 8.61 Å². The van der Waals surface area contributed by atoms with Crippen molar-refractivity contribution in [1.29, 1.82) is 0 Å². The van der Waals surface area contributed by atoms with Crippen LogP contribution in [0.5, 0.6) is 0 Å². The third-order valence-corrected chi connectivity index (χ3v) is 5.92. The summed E-state index contributed by atoms with van der Waals surface area (Å²) in [6, 6.07) is 0.0911. The van der Waals surface area contributed by atoms with Gasteiger partial charge in [-0.2, -0.15) is 17.0 Å². The molecule has 2 rings (SSSR count). The molecule has 3 unspecified atom stereocenters. The summed E-state index contributed by atoms with van der Waals surface area (Å²) < 4.78 is 34.8. The van der Waals surface area contributed by atoms with Gasteiger partial charge in [-0.05, 0) is 33.2 Å². The van der Waals surface area contributed by atoms with E-state index < -0.39 is 10.2 Å². The summed E-state index contributed by atoms with van der Waals surface area (Å²) in [5.41, 5.74) is 0. The topological polar surface area (TPSA) is 61.9 Å². The molecule has 0 radical (unpaired) electrons. The van der Waals surface area contributed by atoms with Crippen molar-refractivity contribution in [3.8, 4) is 0 Å². The Balaban J connectivity index is 2.16. The Morgan fingerprint density at radius 2 is 1.95 bits per heavy atom. The molecule has 0 bridgehead atoms. The van der Waals surface area contributed by atoms with E-state index in [1.165, 1.54) is 0 Å². The van der Waals surface area contributed by atoms with Crippen LogP contribution in [0.15, 0.2) is 0 Å². The molecule has 7 heteroatoms. The number of nitrogens with one attached hydrogen (secondary N) is 1. The number of hydrogen-bond donors (Lipinski definition) is 1. The summed E-state index contributed by atoms with van der Waals surface area (Å²) in [5.74, 6) is 0. The lowest BCUT2D eigenvalue weighted by Crippen LogP contribution is -2.55. The summed E-state index contributed by atoms with van der Waals surface area (Å²) in [4.78, 5) is 0. The first-order chi connectivity index (χ1) is 9.45. The van der Waals surface area contributed by atoms with Gasteiger partial charge in [-0.1, -0.05) is 6.92 Å². The predicted molar refractivity (Wildman–Crippen MR) is 78.8 cm³/mol. The summed E-state index contributed by atoms with van der Waals surface area (Å²) in [6.45, 7) is 9.04. The fourth-order valence-corrected chi connectivity index (χ4v) is 5.12.